The highest BCUT2D eigenvalue weighted by Gasteiger charge is 2.54. The van der Waals surface area contributed by atoms with Gasteiger partial charge in [0, 0.05) is 134 Å². The summed E-state index contributed by atoms with van der Waals surface area (Å²) >= 11 is 0. The molecule has 0 amide bonds. The molecule has 7 aromatic heterocycles. The number of rotatable bonds is 47. The minimum atomic E-state index is -5.82. The molecule has 148 heavy (non-hydrogen) atoms. The van der Waals surface area contributed by atoms with Gasteiger partial charge in [0.2, 0.25) is 0 Å². The van der Waals surface area contributed by atoms with E-state index < -0.39 is 354 Å². The van der Waals surface area contributed by atoms with Crippen LogP contribution in [0, 0.1) is 48.5 Å². The van der Waals surface area contributed by atoms with Crippen LogP contribution in [0.4, 0.5) is 0 Å². The van der Waals surface area contributed by atoms with Crippen LogP contribution in [0.3, 0.4) is 0 Å². The Kier molecular flexibility index (Phi) is 36.4. The van der Waals surface area contributed by atoms with Crippen molar-refractivity contribution in [2.24, 2.45) is 5.73 Å². The van der Waals surface area contributed by atoms with Crippen LogP contribution < -0.4 is 89.6 Å². The van der Waals surface area contributed by atoms with Crippen molar-refractivity contribution in [2.45, 2.75) is 248 Å². The summed E-state index contributed by atoms with van der Waals surface area (Å²) in [4.78, 5) is 275. The molecule has 65 nitrogen and oxygen atoms in total. The van der Waals surface area contributed by atoms with Crippen LogP contribution >= 0.6 is 54.7 Å². The lowest BCUT2D eigenvalue weighted by atomic mass is 10.2. The lowest BCUT2D eigenvalue weighted by Gasteiger charge is -2.26. The molecule has 7 unspecified atom stereocenters. The zero-order valence-electron chi connectivity index (χ0n) is 79.0. The summed E-state index contributed by atoms with van der Waals surface area (Å²) in [6.07, 6.45) is -30.5. The number of nitrogens with zero attached hydrogens (tertiary/aromatic N) is 7. The number of nitrogens with two attached hydrogens (primary N) is 1. The van der Waals surface area contributed by atoms with E-state index in [9.17, 15) is 138 Å². The molecule has 18 N–H and O–H groups in total. The van der Waals surface area contributed by atoms with E-state index in [1.165, 1.54) is 48.5 Å². The molecule has 820 valence electrons. The van der Waals surface area contributed by atoms with Gasteiger partial charge in [-0.15, -0.1) is 0 Å². The molecule has 72 heteroatoms. The first-order valence-electron chi connectivity index (χ1n) is 45.2. The standard InChI is InChI=1S/C76H107N16O49P7/c1-35-21-86(70(101)79-63(35)94)56-14-42(49(28-93)128-56)136-143(110,111)123-30-51-44(16-58(130-51)88-23-37(3)65(96)81-72(88)103)138-145(114,115)125-32-53-46(18-60(132-53)90-25-39(5)67(98)83-74(90)105)140-147(118,119)127-34-55-48(20-62(134-55)92-27-41(7)69(100)85-76(92)107)141-148(120,121)126-33-54-47(19-61(133-54)91-26-40(6)68(99)84-75(91)106)139-146(116,117)124-31-52-45(17-59(131-52)89-24-38(4)66(97)82-73(89)104)137-144(112,113)122-29-50-43(135-142(108,109)78-13-11-9-8-10-12-77)15-57(129-50)87-22-36(2)64(95)80-71(87)102/h21-27,42-62,93H,8-20,28-34,77H2,1-7H3,(H,110,111)(H,112,113)(H,114,115)(H,116,117)(H,118,119)(H,120,121)(H2,78,108,109)(H,79,94,101)(H,80,95,102)(H,81,96,103)(H,82,97,104)(H,83,98,105)(H,84,99,106)(H,85,100,107)/t42-,43-,44-,45-,46-,47-,48-,49+,50+,51+,52+,53+,54+,55+,56+,57+,58+,59+,60+,61+,62+/m0/s1. The summed E-state index contributed by atoms with van der Waals surface area (Å²) in [6, 6.07) is 0. The van der Waals surface area contributed by atoms with E-state index in [1.807, 2.05) is 19.9 Å². The minimum Gasteiger partial charge on any atom is -0.394 e. The van der Waals surface area contributed by atoms with Crippen molar-refractivity contribution in [3.63, 3.8) is 0 Å². The number of hydrogen-bond acceptors (Lipinski definition) is 43. The molecule has 0 saturated carbocycles. The van der Waals surface area contributed by atoms with E-state index in [2.05, 4.69) is 20.0 Å². The summed E-state index contributed by atoms with van der Waals surface area (Å²) in [5.41, 5.74) is -8.24. The first-order chi connectivity index (χ1) is 69.4. The van der Waals surface area contributed by atoms with Gasteiger partial charge in [0.25, 0.3) is 38.9 Å². The highest BCUT2D eigenvalue weighted by atomic mass is 31.2. The number of aryl methyl sites for hydroxylation is 7. The largest absolute Gasteiger partial charge is 0.472 e. The third kappa shape index (κ3) is 28.8. The Labute approximate surface area is 827 Å². The Morgan fingerprint density at radius 3 is 0.635 bits per heavy atom. The smallest absolute Gasteiger partial charge is 0.394 e. The van der Waals surface area contributed by atoms with Gasteiger partial charge in [-0.3, -0.25) is 159 Å². The fourth-order valence-electron chi connectivity index (χ4n) is 16.8. The monoisotopic (exact) mass is 2240 g/mol. The fourth-order valence-corrected chi connectivity index (χ4v) is 23.7. The second-order valence-corrected chi connectivity index (χ2v) is 45.3. The first-order valence-corrected chi connectivity index (χ1v) is 55.8. The number of aliphatic hydroxyl groups excluding tert-OH is 1. The molecule has 28 atom stereocenters. The van der Waals surface area contributed by atoms with Crippen molar-refractivity contribution in [2.75, 3.05) is 59.3 Å². The number of phosphoric acid groups is 6. The van der Waals surface area contributed by atoms with Crippen molar-refractivity contribution in [3.8, 4) is 0 Å². The Balaban J connectivity index is 0.664. The van der Waals surface area contributed by atoms with Crippen LogP contribution in [-0.2, 0) is 124 Å². The SMILES string of the molecule is Cc1cn([C@H]2C[C@H](OP(=O)(O)NCCCCCCN)[C@@H](COP(=O)(O)O[C@H]3C[C@H](n4cc(C)c(=O)[nH]c4=O)O[C@@H]3COP(=O)(O)O[C@H]3C[C@H](n4cc(C)c(=O)[nH]c4=O)O[C@@H]3COP(=O)(O)O[C@H]3C[C@H](n4cc(C)c(=O)[nH]c4=O)O[C@@H]3COP(=O)(O)O[C@H]3C[C@H](n4cc(C)c(=O)[nH]c4=O)O[C@@H]3COP(=O)(O)O[C@H]3C[C@H](n4cc(C)c(=O)[nH]c4=O)O[C@@H]3COP(=O)(O)O[C@H]3C[C@H](n4cc(C)c(=O)[nH]c4=O)O[C@@H]3CO)O2)c(=O)[nH]c1=O. The summed E-state index contributed by atoms with van der Waals surface area (Å²) in [6.45, 7) is 1.45. The van der Waals surface area contributed by atoms with Gasteiger partial charge < -0.3 is 78.3 Å². The van der Waals surface area contributed by atoms with Gasteiger partial charge in [-0.25, -0.2) is 70.6 Å². The molecule has 7 aromatic rings. The average Bonchev–Trinajstić information content (AvgIpc) is 1.65. The van der Waals surface area contributed by atoms with Gasteiger partial charge in [-0.05, 0) is 67.9 Å². The topological polar surface area (TPSA) is 888 Å². The first kappa shape index (κ1) is 115. The number of nitrogens with one attached hydrogen (secondary N) is 8. The number of aromatic amines is 7. The second kappa shape index (κ2) is 47.0. The summed E-state index contributed by atoms with van der Waals surface area (Å²) < 4.78 is 218. The van der Waals surface area contributed by atoms with E-state index in [1.54, 1.807) is 0 Å². The molecule has 7 aliphatic rings. The van der Waals surface area contributed by atoms with E-state index in [-0.39, 0.29) is 45.5 Å². The van der Waals surface area contributed by atoms with Gasteiger partial charge in [0.05, 0.1) is 46.2 Å². The lowest BCUT2D eigenvalue weighted by molar-refractivity contribution is -0.0661. The van der Waals surface area contributed by atoms with Crippen LogP contribution in [-0.4, -0.2) is 251 Å². The normalized spacial score (nSPS) is 29.1. The van der Waals surface area contributed by atoms with Gasteiger partial charge in [-0.2, -0.15) is 0 Å². The molecular formula is C76H107N16O49P7. The maximum atomic E-state index is 14.6. The Morgan fingerprint density at radius 2 is 0.453 bits per heavy atom. The van der Waals surface area contributed by atoms with Gasteiger partial charge in [0.1, 0.15) is 129 Å². The number of aromatic nitrogens is 14. The molecule has 7 fully saturated rings. The lowest BCUT2D eigenvalue weighted by Crippen LogP contribution is -2.33. The molecule has 0 aliphatic carbocycles. The highest BCUT2D eigenvalue weighted by molar-refractivity contribution is 7.50. The third-order valence-corrected chi connectivity index (χ3v) is 31.6. The van der Waals surface area contributed by atoms with Crippen molar-refractivity contribution in [3.05, 3.63) is 228 Å². The highest BCUT2D eigenvalue weighted by Crippen LogP contribution is 2.58. The van der Waals surface area contributed by atoms with Crippen LogP contribution in [0.25, 0.3) is 0 Å². The van der Waals surface area contributed by atoms with E-state index in [0.29, 0.717) is 32.2 Å². The maximum absolute atomic E-state index is 14.6. The molecule has 0 bridgehead atoms. The number of hydrogen-bond donors (Lipinski definition) is 17. The van der Waals surface area contributed by atoms with Crippen molar-refractivity contribution in [1.29, 1.82) is 0 Å². The average molecular weight is 2250 g/mol. The molecular weight excluding hydrogens is 2140 g/mol. The van der Waals surface area contributed by atoms with Crippen molar-refractivity contribution < 1.29 is 163 Å². The Bertz CT molecular complexity index is 7250. The molecule has 14 rings (SSSR count). The summed E-state index contributed by atoms with van der Waals surface area (Å²) in [5, 5.41) is 12.6. The van der Waals surface area contributed by atoms with E-state index >= 15 is 0 Å². The molecule has 0 aromatic carbocycles. The number of aliphatic hydroxyl groups is 1. The molecule has 0 spiro atoms. The minimum absolute atomic E-state index is 0.0254. The molecule has 0 radical (unpaired) electrons. The van der Waals surface area contributed by atoms with Crippen molar-refractivity contribution >= 4 is 54.7 Å². The number of ether oxygens (including phenoxy) is 7. The number of phosphoric ester groups is 6. The molecule has 7 saturated heterocycles. The number of unbranched alkanes of at least 4 members (excludes halogenated alkanes) is 3. The predicted molar refractivity (Wildman–Crippen MR) is 493 cm³/mol. The molecule has 14 heterocycles. The predicted octanol–water partition coefficient (Wildman–Crippen LogP) is -2.39. The van der Waals surface area contributed by atoms with E-state index in [0.717, 1.165) is 75.3 Å². The Morgan fingerprint density at radius 1 is 0.284 bits per heavy atom. The molecule has 7 aliphatic heterocycles. The van der Waals surface area contributed by atoms with E-state index in [4.69, 9.17) is 97.7 Å². The zero-order valence-corrected chi connectivity index (χ0v) is 85.2. The summed E-state index contributed by atoms with van der Waals surface area (Å²) in [7, 11) is -38.9. The van der Waals surface area contributed by atoms with Crippen LogP contribution in [0.2, 0.25) is 0 Å². The van der Waals surface area contributed by atoms with Gasteiger partial charge in [-0.1, -0.05) is 12.8 Å². The van der Waals surface area contributed by atoms with Crippen LogP contribution in [0.15, 0.2) is 111 Å². The maximum Gasteiger partial charge on any atom is 0.472 e. The quantitative estimate of drug-likeness (QED) is 0.0140. The van der Waals surface area contributed by atoms with Crippen LogP contribution in [0.5, 0.6) is 0 Å². The zero-order chi connectivity index (χ0) is 108. The Hall–Kier alpha value is -8.83. The van der Waals surface area contributed by atoms with Crippen molar-refractivity contribution in [1.82, 2.24) is 71.9 Å². The van der Waals surface area contributed by atoms with Crippen LogP contribution in [0.1, 0.15) is 153 Å². The van der Waals surface area contributed by atoms with Gasteiger partial charge in [0.15, 0.2) is 0 Å². The van der Waals surface area contributed by atoms with Gasteiger partial charge >= 0.3 is 94.5 Å². The fraction of sp³-hybridized carbons (Fsp3) is 0.632. The second-order valence-electron chi connectivity index (χ2n) is 35.3. The number of H-pyrrole nitrogens is 7. The third-order valence-electron chi connectivity index (χ3n) is 24.4. The summed E-state index contributed by atoms with van der Waals surface area (Å²) in [5.74, 6) is 0.